The molecule has 5 heteroatoms. The second-order valence-electron chi connectivity index (χ2n) is 7.18. The summed E-state index contributed by atoms with van der Waals surface area (Å²) in [4.78, 5) is 7.22. The highest BCUT2D eigenvalue weighted by atomic mass is 16.5. The summed E-state index contributed by atoms with van der Waals surface area (Å²) in [6.07, 6.45) is 4.71. The summed E-state index contributed by atoms with van der Waals surface area (Å²) >= 11 is 0. The minimum absolute atomic E-state index is 0.486. The topological polar surface area (TPSA) is 48.9 Å². The molecule has 1 saturated carbocycles. The van der Waals surface area contributed by atoms with Gasteiger partial charge >= 0.3 is 0 Å². The lowest BCUT2D eigenvalue weighted by molar-refractivity contribution is 0.253. The van der Waals surface area contributed by atoms with Crippen LogP contribution in [0, 0.1) is 0 Å². The molecule has 1 fully saturated rings. The van der Waals surface area contributed by atoms with E-state index in [2.05, 4.69) is 54.6 Å². The average molecular weight is 345 g/mol. The summed E-state index contributed by atoms with van der Waals surface area (Å²) in [5, 5.41) is 6.82. The van der Waals surface area contributed by atoms with Crippen LogP contribution >= 0.6 is 0 Å². The first-order valence-corrected chi connectivity index (χ1v) is 9.66. The number of hydrogen-bond acceptors (Lipinski definition) is 3. The standard InChI is InChI=1S/C20H32N4O/c1-4-21-20(23-14-15(2)24(3)18-6-7-18)22-11-9-16-5-8-19-17(13-16)10-12-25-19/h5,8,13,15,18H,4,6-7,9-12,14H2,1-3H3,(H2,21,22,23). The van der Waals surface area contributed by atoms with Gasteiger partial charge in [0, 0.05) is 31.6 Å². The van der Waals surface area contributed by atoms with Crippen molar-refractivity contribution >= 4 is 5.96 Å². The molecule has 138 valence electrons. The van der Waals surface area contributed by atoms with Gasteiger partial charge in [-0.1, -0.05) is 12.1 Å². The highest BCUT2D eigenvalue weighted by Crippen LogP contribution is 2.27. The molecule has 2 aliphatic rings. The van der Waals surface area contributed by atoms with Crippen LogP contribution in [-0.2, 0) is 12.8 Å². The first kappa shape index (κ1) is 18.1. The van der Waals surface area contributed by atoms with E-state index in [4.69, 9.17) is 9.73 Å². The Bertz CT molecular complexity index is 597. The highest BCUT2D eigenvalue weighted by Gasteiger charge is 2.28. The van der Waals surface area contributed by atoms with Gasteiger partial charge in [0.15, 0.2) is 5.96 Å². The van der Waals surface area contributed by atoms with Crippen molar-refractivity contribution in [2.45, 2.75) is 51.6 Å². The third-order valence-electron chi connectivity index (χ3n) is 5.14. The number of aliphatic imine (C=N–C) groups is 1. The Labute approximate surface area is 151 Å². The van der Waals surface area contributed by atoms with Gasteiger partial charge < -0.3 is 15.4 Å². The van der Waals surface area contributed by atoms with Crippen molar-refractivity contribution < 1.29 is 4.74 Å². The third kappa shape index (κ3) is 5.11. The van der Waals surface area contributed by atoms with Crippen LogP contribution in [0.1, 0.15) is 37.8 Å². The zero-order valence-electron chi connectivity index (χ0n) is 15.8. The van der Waals surface area contributed by atoms with Crippen molar-refractivity contribution in [2.24, 2.45) is 4.99 Å². The van der Waals surface area contributed by atoms with Gasteiger partial charge in [-0.3, -0.25) is 9.89 Å². The molecule has 2 N–H and O–H groups in total. The molecule has 3 rings (SSSR count). The number of ether oxygens (including phenoxy) is 1. The molecule has 25 heavy (non-hydrogen) atoms. The minimum Gasteiger partial charge on any atom is -0.493 e. The maximum absolute atomic E-state index is 5.57. The number of nitrogens with one attached hydrogen (secondary N) is 2. The molecule has 1 aliphatic carbocycles. The molecule has 1 heterocycles. The SMILES string of the molecule is CCNC(=NCC(C)N(C)C1CC1)NCCc1ccc2c(c1)CCO2. The Morgan fingerprint density at radius 1 is 1.36 bits per heavy atom. The number of likely N-dealkylation sites (N-methyl/N-ethyl adjacent to an activating group) is 1. The molecule has 1 aromatic carbocycles. The lowest BCUT2D eigenvalue weighted by Crippen LogP contribution is -2.40. The first-order chi connectivity index (χ1) is 12.2. The van der Waals surface area contributed by atoms with Gasteiger partial charge in [0.25, 0.3) is 0 Å². The zero-order chi connectivity index (χ0) is 17.6. The van der Waals surface area contributed by atoms with E-state index < -0.39 is 0 Å². The molecule has 0 saturated heterocycles. The van der Waals surface area contributed by atoms with Gasteiger partial charge in [-0.25, -0.2) is 0 Å². The molecule has 0 spiro atoms. The number of nitrogens with zero attached hydrogens (tertiary/aromatic N) is 2. The van der Waals surface area contributed by atoms with Gasteiger partial charge in [-0.15, -0.1) is 0 Å². The van der Waals surface area contributed by atoms with Crippen LogP contribution in [-0.4, -0.2) is 56.2 Å². The van der Waals surface area contributed by atoms with Crippen LogP contribution in [0.3, 0.4) is 0 Å². The number of fused-ring (bicyclic) bond motifs is 1. The molecule has 0 radical (unpaired) electrons. The highest BCUT2D eigenvalue weighted by molar-refractivity contribution is 5.79. The normalized spacial score (nSPS) is 18.0. The molecule has 1 atom stereocenters. The third-order valence-corrected chi connectivity index (χ3v) is 5.14. The second kappa shape index (κ2) is 8.56. The second-order valence-corrected chi connectivity index (χ2v) is 7.18. The Morgan fingerprint density at radius 3 is 2.96 bits per heavy atom. The van der Waals surface area contributed by atoms with E-state index in [1.165, 1.54) is 24.0 Å². The molecule has 5 nitrogen and oxygen atoms in total. The van der Waals surface area contributed by atoms with E-state index >= 15 is 0 Å². The fourth-order valence-corrected chi connectivity index (χ4v) is 3.26. The van der Waals surface area contributed by atoms with Gasteiger partial charge in [0.05, 0.1) is 13.2 Å². The Kier molecular flexibility index (Phi) is 6.19. The van der Waals surface area contributed by atoms with E-state index in [0.717, 1.165) is 56.8 Å². The van der Waals surface area contributed by atoms with Crippen molar-refractivity contribution in [3.63, 3.8) is 0 Å². The quantitative estimate of drug-likeness (QED) is 0.561. The van der Waals surface area contributed by atoms with E-state index in [0.29, 0.717) is 6.04 Å². The monoisotopic (exact) mass is 344 g/mol. The van der Waals surface area contributed by atoms with E-state index in [-0.39, 0.29) is 0 Å². The van der Waals surface area contributed by atoms with Crippen molar-refractivity contribution in [3.05, 3.63) is 29.3 Å². The summed E-state index contributed by atoms with van der Waals surface area (Å²) in [5.74, 6) is 1.98. The predicted molar refractivity (Wildman–Crippen MR) is 104 cm³/mol. The molecule has 1 aliphatic heterocycles. The molecule has 0 amide bonds. The number of rotatable bonds is 8. The summed E-state index contributed by atoms with van der Waals surface area (Å²) in [6, 6.07) is 7.82. The largest absolute Gasteiger partial charge is 0.493 e. The van der Waals surface area contributed by atoms with Crippen LogP contribution < -0.4 is 15.4 Å². The predicted octanol–water partition coefficient (Wildman–Crippen LogP) is 2.20. The van der Waals surface area contributed by atoms with E-state index in [1.807, 2.05) is 0 Å². The molecule has 1 aromatic rings. The summed E-state index contributed by atoms with van der Waals surface area (Å²) < 4.78 is 5.57. The van der Waals surface area contributed by atoms with Gasteiger partial charge in [0.2, 0.25) is 0 Å². The van der Waals surface area contributed by atoms with Crippen LogP contribution in [0.2, 0.25) is 0 Å². The zero-order valence-corrected chi connectivity index (χ0v) is 15.8. The Hall–Kier alpha value is -1.75. The van der Waals surface area contributed by atoms with Gasteiger partial charge in [-0.2, -0.15) is 0 Å². The molecular formula is C20H32N4O. The van der Waals surface area contributed by atoms with Crippen molar-refractivity contribution in [3.8, 4) is 5.75 Å². The van der Waals surface area contributed by atoms with Crippen molar-refractivity contribution in [1.29, 1.82) is 0 Å². The Balaban J connectivity index is 1.46. The van der Waals surface area contributed by atoms with Crippen LogP contribution in [0.25, 0.3) is 0 Å². The summed E-state index contributed by atoms with van der Waals surface area (Å²) in [7, 11) is 2.22. The lowest BCUT2D eigenvalue weighted by atomic mass is 10.1. The molecule has 1 unspecified atom stereocenters. The first-order valence-electron chi connectivity index (χ1n) is 9.66. The molecule has 0 bridgehead atoms. The average Bonchev–Trinajstić information content (AvgIpc) is 3.36. The van der Waals surface area contributed by atoms with Crippen LogP contribution in [0.15, 0.2) is 23.2 Å². The van der Waals surface area contributed by atoms with Gasteiger partial charge in [0.1, 0.15) is 5.75 Å². The maximum Gasteiger partial charge on any atom is 0.191 e. The number of hydrogen-bond donors (Lipinski definition) is 2. The molecule has 0 aromatic heterocycles. The van der Waals surface area contributed by atoms with E-state index in [1.54, 1.807) is 0 Å². The maximum atomic E-state index is 5.57. The minimum atomic E-state index is 0.486. The van der Waals surface area contributed by atoms with E-state index in [9.17, 15) is 0 Å². The van der Waals surface area contributed by atoms with Crippen molar-refractivity contribution in [2.75, 3.05) is 33.3 Å². The number of benzene rings is 1. The Morgan fingerprint density at radius 2 is 2.20 bits per heavy atom. The summed E-state index contributed by atoms with van der Waals surface area (Å²) in [6.45, 7) is 7.79. The van der Waals surface area contributed by atoms with Crippen molar-refractivity contribution in [1.82, 2.24) is 15.5 Å². The fourth-order valence-electron chi connectivity index (χ4n) is 3.26. The van der Waals surface area contributed by atoms with Crippen LogP contribution in [0.4, 0.5) is 0 Å². The fraction of sp³-hybridized carbons (Fsp3) is 0.650. The van der Waals surface area contributed by atoms with Crippen LogP contribution in [0.5, 0.6) is 5.75 Å². The van der Waals surface area contributed by atoms with Gasteiger partial charge in [-0.05, 0) is 57.4 Å². The summed E-state index contributed by atoms with van der Waals surface area (Å²) in [5.41, 5.74) is 2.70. The lowest BCUT2D eigenvalue weighted by Gasteiger charge is -2.23. The number of guanidine groups is 1. The molecular weight excluding hydrogens is 312 g/mol. The smallest absolute Gasteiger partial charge is 0.191 e.